The van der Waals surface area contributed by atoms with Crippen molar-refractivity contribution in [1.29, 1.82) is 0 Å². The second-order valence-electron chi connectivity index (χ2n) is 4.18. The number of benzene rings is 1. The number of ether oxygens (including phenoxy) is 1. The van der Waals surface area contributed by atoms with Crippen molar-refractivity contribution < 1.29 is 14.3 Å². The lowest BCUT2D eigenvalue weighted by Gasteiger charge is -2.14. The third-order valence-corrected chi connectivity index (χ3v) is 3.14. The summed E-state index contributed by atoms with van der Waals surface area (Å²) in [5.74, 6) is -1.32. The second-order valence-corrected chi connectivity index (χ2v) is 4.61. The average molecular weight is 281 g/mol. The number of ketones is 1. The molecule has 1 unspecified atom stereocenters. The highest BCUT2D eigenvalue weighted by Crippen LogP contribution is 2.25. The van der Waals surface area contributed by atoms with E-state index in [9.17, 15) is 9.59 Å². The summed E-state index contributed by atoms with van der Waals surface area (Å²) in [4.78, 5) is 23.2. The molecule has 0 bridgehead atoms. The number of carbonyl (C=O) groups is 2. The molecule has 0 amide bonds. The molecule has 6 heteroatoms. The third kappa shape index (κ3) is 2.76. The zero-order valence-electron chi connectivity index (χ0n) is 10.6. The minimum absolute atomic E-state index is 0.224. The highest BCUT2D eigenvalue weighted by atomic mass is 35.5. The van der Waals surface area contributed by atoms with Gasteiger partial charge in [-0.3, -0.25) is 14.6 Å². The van der Waals surface area contributed by atoms with Gasteiger partial charge in [-0.15, -0.1) is 0 Å². The topological polar surface area (TPSA) is 59.0 Å². The number of rotatable bonds is 3. The van der Waals surface area contributed by atoms with Crippen LogP contribution in [0.3, 0.4) is 0 Å². The van der Waals surface area contributed by atoms with E-state index < -0.39 is 11.9 Å². The number of nitrogens with zero attached hydrogens (tertiary/aromatic N) is 2. The van der Waals surface area contributed by atoms with Crippen molar-refractivity contribution in [2.75, 3.05) is 18.7 Å². The van der Waals surface area contributed by atoms with Crippen LogP contribution in [0.1, 0.15) is 6.92 Å². The number of methoxy groups -OCH3 is 1. The summed E-state index contributed by atoms with van der Waals surface area (Å²) in [7, 11) is 1.30. The van der Waals surface area contributed by atoms with Gasteiger partial charge in [-0.1, -0.05) is 11.6 Å². The molecule has 0 saturated heterocycles. The molecular formula is C13H13ClN2O3. The van der Waals surface area contributed by atoms with Gasteiger partial charge < -0.3 is 4.74 Å². The number of esters is 1. The summed E-state index contributed by atoms with van der Waals surface area (Å²) < 4.78 is 4.70. The maximum Gasteiger partial charge on any atom is 0.316 e. The lowest BCUT2D eigenvalue weighted by molar-refractivity contribution is -0.142. The predicted molar refractivity (Wildman–Crippen MR) is 72.4 cm³/mol. The van der Waals surface area contributed by atoms with Crippen LogP contribution in [0.4, 0.5) is 5.69 Å². The molecule has 1 heterocycles. The van der Waals surface area contributed by atoms with Crippen LogP contribution < -0.4 is 5.01 Å². The molecule has 1 aliphatic heterocycles. The summed E-state index contributed by atoms with van der Waals surface area (Å²) in [5, 5.41) is 6.41. The SMILES string of the molecule is COC(=O)C1CN(c2ccc(Cl)cc2)N=C1C(C)=O. The molecule has 1 atom stereocenters. The molecule has 0 saturated carbocycles. The first-order valence-electron chi connectivity index (χ1n) is 5.73. The molecule has 19 heavy (non-hydrogen) atoms. The Morgan fingerprint density at radius 2 is 2.00 bits per heavy atom. The van der Waals surface area contributed by atoms with E-state index in [1.54, 1.807) is 29.3 Å². The molecule has 0 fully saturated rings. The third-order valence-electron chi connectivity index (χ3n) is 2.89. The monoisotopic (exact) mass is 280 g/mol. The highest BCUT2D eigenvalue weighted by Gasteiger charge is 2.36. The Hall–Kier alpha value is -1.88. The van der Waals surface area contributed by atoms with Gasteiger partial charge in [-0.05, 0) is 24.3 Å². The Bertz CT molecular complexity index is 539. The van der Waals surface area contributed by atoms with E-state index in [2.05, 4.69) is 5.10 Å². The standard InChI is InChI=1S/C13H13ClN2O3/c1-8(17)12-11(13(18)19-2)7-16(15-12)10-5-3-9(14)4-6-10/h3-6,11H,7H2,1-2H3. The van der Waals surface area contributed by atoms with Crippen molar-refractivity contribution in [2.45, 2.75) is 6.92 Å². The minimum atomic E-state index is -0.641. The van der Waals surface area contributed by atoms with Gasteiger partial charge in [0.05, 0.1) is 19.3 Å². The smallest absolute Gasteiger partial charge is 0.316 e. The zero-order chi connectivity index (χ0) is 14.0. The van der Waals surface area contributed by atoms with Gasteiger partial charge >= 0.3 is 5.97 Å². The molecular weight excluding hydrogens is 268 g/mol. The van der Waals surface area contributed by atoms with Crippen molar-refractivity contribution in [2.24, 2.45) is 11.0 Å². The van der Waals surface area contributed by atoms with Crippen molar-refractivity contribution in [3.8, 4) is 0 Å². The van der Waals surface area contributed by atoms with E-state index in [0.717, 1.165) is 5.69 Å². The normalized spacial score (nSPS) is 18.2. The second kappa shape index (κ2) is 5.40. The zero-order valence-corrected chi connectivity index (χ0v) is 11.3. The Kier molecular flexibility index (Phi) is 3.85. The van der Waals surface area contributed by atoms with Crippen LogP contribution in [0.25, 0.3) is 0 Å². The highest BCUT2D eigenvalue weighted by molar-refractivity contribution is 6.43. The number of Topliss-reactive ketones (excluding diaryl/α,β-unsaturated/α-hetero) is 1. The largest absolute Gasteiger partial charge is 0.468 e. The number of hydrogen-bond acceptors (Lipinski definition) is 5. The van der Waals surface area contributed by atoms with Crippen molar-refractivity contribution in [3.05, 3.63) is 29.3 Å². The van der Waals surface area contributed by atoms with Gasteiger partial charge in [-0.2, -0.15) is 5.10 Å². The van der Waals surface area contributed by atoms with Crippen LogP contribution in [0.2, 0.25) is 5.02 Å². The molecule has 1 aromatic carbocycles. The Balaban J connectivity index is 2.28. The molecule has 0 aromatic heterocycles. The van der Waals surface area contributed by atoms with Gasteiger partial charge in [0.2, 0.25) is 0 Å². The first-order chi connectivity index (χ1) is 9.02. The fourth-order valence-electron chi connectivity index (χ4n) is 1.92. The summed E-state index contributed by atoms with van der Waals surface area (Å²) in [6.07, 6.45) is 0. The first-order valence-corrected chi connectivity index (χ1v) is 6.11. The van der Waals surface area contributed by atoms with E-state index in [1.165, 1.54) is 14.0 Å². The van der Waals surface area contributed by atoms with Crippen LogP contribution in [0.5, 0.6) is 0 Å². The Morgan fingerprint density at radius 3 is 2.53 bits per heavy atom. The molecule has 100 valence electrons. The number of carbonyl (C=O) groups excluding carboxylic acids is 2. The summed E-state index contributed by atoms with van der Waals surface area (Å²) in [6.45, 7) is 1.68. The molecule has 5 nitrogen and oxygen atoms in total. The van der Waals surface area contributed by atoms with Crippen LogP contribution in [0.15, 0.2) is 29.4 Å². The number of halogens is 1. The molecule has 1 aromatic rings. The lowest BCUT2D eigenvalue weighted by Crippen LogP contribution is -2.30. The van der Waals surface area contributed by atoms with Crippen LogP contribution in [-0.2, 0) is 14.3 Å². The predicted octanol–water partition coefficient (Wildman–Crippen LogP) is 1.89. The quantitative estimate of drug-likeness (QED) is 0.794. The van der Waals surface area contributed by atoms with E-state index in [1.807, 2.05) is 0 Å². The van der Waals surface area contributed by atoms with E-state index >= 15 is 0 Å². The van der Waals surface area contributed by atoms with Crippen LogP contribution in [0, 0.1) is 5.92 Å². The molecule has 1 aliphatic rings. The van der Waals surface area contributed by atoms with Gasteiger partial charge in [0, 0.05) is 11.9 Å². The number of hydrazone groups is 1. The van der Waals surface area contributed by atoms with Crippen LogP contribution >= 0.6 is 11.6 Å². The molecule has 0 N–H and O–H groups in total. The first kappa shape index (κ1) is 13.5. The summed E-state index contributed by atoms with van der Waals surface area (Å²) >= 11 is 5.82. The molecule has 2 rings (SSSR count). The van der Waals surface area contributed by atoms with Crippen molar-refractivity contribution in [3.63, 3.8) is 0 Å². The van der Waals surface area contributed by atoms with Gasteiger partial charge in [0.15, 0.2) is 5.78 Å². The number of anilines is 1. The van der Waals surface area contributed by atoms with E-state index in [4.69, 9.17) is 16.3 Å². The Labute approximate surface area is 115 Å². The van der Waals surface area contributed by atoms with Crippen molar-refractivity contribution >= 4 is 34.8 Å². The summed E-state index contributed by atoms with van der Waals surface area (Å²) in [6, 6.07) is 7.02. The van der Waals surface area contributed by atoms with E-state index in [-0.39, 0.29) is 11.5 Å². The van der Waals surface area contributed by atoms with Gasteiger partial charge in [0.1, 0.15) is 11.6 Å². The van der Waals surface area contributed by atoms with E-state index in [0.29, 0.717) is 11.6 Å². The van der Waals surface area contributed by atoms with Crippen molar-refractivity contribution in [1.82, 2.24) is 0 Å². The van der Waals surface area contributed by atoms with Crippen LogP contribution in [-0.4, -0.2) is 31.1 Å². The fraction of sp³-hybridized carbons (Fsp3) is 0.308. The van der Waals surface area contributed by atoms with Gasteiger partial charge in [0.25, 0.3) is 0 Å². The maximum absolute atomic E-state index is 11.7. The summed E-state index contributed by atoms with van der Waals surface area (Å²) in [5.41, 5.74) is 0.997. The average Bonchev–Trinajstić information content (AvgIpc) is 2.84. The number of hydrogen-bond donors (Lipinski definition) is 0. The fourth-order valence-corrected chi connectivity index (χ4v) is 2.05. The van der Waals surface area contributed by atoms with Gasteiger partial charge in [-0.25, -0.2) is 0 Å². The minimum Gasteiger partial charge on any atom is -0.468 e. The molecule has 0 aliphatic carbocycles. The maximum atomic E-state index is 11.7. The molecule has 0 radical (unpaired) electrons. The molecule has 0 spiro atoms. The lowest BCUT2D eigenvalue weighted by atomic mass is 10.0. The Morgan fingerprint density at radius 1 is 1.37 bits per heavy atom.